The Morgan fingerprint density at radius 3 is 2.29 bits per heavy atom. The van der Waals surface area contributed by atoms with Gasteiger partial charge in [-0.05, 0) is 27.4 Å². The number of carbonyl (C=O) groups is 2. The predicted octanol–water partition coefficient (Wildman–Crippen LogP) is 0.974. The second kappa shape index (κ2) is 6.32. The third-order valence-corrected chi connectivity index (χ3v) is 1.59. The lowest BCUT2D eigenvalue weighted by Crippen LogP contribution is -2.13. The van der Waals surface area contributed by atoms with E-state index in [0.717, 1.165) is 13.0 Å². The lowest BCUT2D eigenvalue weighted by atomic mass is 10.2. The van der Waals surface area contributed by atoms with Crippen LogP contribution in [-0.4, -0.2) is 37.5 Å². The normalized spacial score (nSPS) is 11.6. The number of esters is 2. The summed E-state index contributed by atoms with van der Waals surface area (Å²) < 4.78 is 4.41. The Hall–Kier alpha value is -1.16. The molecule has 0 saturated carbocycles. The molecule has 0 rings (SSSR count). The molecule has 0 aliphatic carbocycles. The van der Waals surface area contributed by atoms with Crippen LogP contribution in [0.15, 0.2) is 11.6 Å². The average molecular weight is 199 g/mol. The molecule has 14 heavy (non-hydrogen) atoms. The van der Waals surface area contributed by atoms with Crippen molar-refractivity contribution in [2.75, 3.05) is 20.6 Å². The number of nitrogens with zero attached hydrogens (tertiary/aromatic N) is 1. The Morgan fingerprint density at radius 1 is 1.29 bits per heavy atom. The summed E-state index contributed by atoms with van der Waals surface area (Å²) in [5, 5.41) is 0. The molecule has 0 spiro atoms. The molecule has 4 nitrogen and oxygen atoms in total. The van der Waals surface area contributed by atoms with E-state index in [1.807, 2.05) is 19.0 Å². The largest absolute Gasteiger partial charge is 0.390 e. The maximum absolute atomic E-state index is 11.1. The van der Waals surface area contributed by atoms with Gasteiger partial charge in [0.25, 0.3) is 0 Å². The standard InChI is InChI=1S/C10H17NO3/c1-8(6-5-7-11(3)4)10(13)14-9(2)12/h6H,5,7H2,1-4H3. The van der Waals surface area contributed by atoms with E-state index < -0.39 is 11.9 Å². The molecule has 0 fully saturated rings. The summed E-state index contributed by atoms with van der Waals surface area (Å²) in [5.41, 5.74) is 0.474. The Kier molecular flexibility index (Phi) is 5.79. The van der Waals surface area contributed by atoms with Crippen LogP contribution in [0, 0.1) is 0 Å². The summed E-state index contributed by atoms with van der Waals surface area (Å²) >= 11 is 0. The highest BCUT2D eigenvalue weighted by Gasteiger charge is 2.07. The molecule has 0 heterocycles. The molecule has 0 amide bonds. The van der Waals surface area contributed by atoms with Gasteiger partial charge in [0.2, 0.25) is 0 Å². The quantitative estimate of drug-likeness (QED) is 0.384. The van der Waals surface area contributed by atoms with Crippen LogP contribution in [0.4, 0.5) is 0 Å². The smallest absolute Gasteiger partial charge is 0.341 e. The van der Waals surface area contributed by atoms with Crippen molar-refractivity contribution in [1.82, 2.24) is 4.90 Å². The lowest BCUT2D eigenvalue weighted by molar-refractivity contribution is -0.155. The summed E-state index contributed by atoms with van der Waals surface area (Å²) in [6, 6.07) is 0. The summed E-state index contributed by atoms with van der Waals surface area (Å²) in [6.45, 7) is 3.72. The van der Waals surface area contributed by atoms with E-state index in [2.05, 4.69) is 4.74 Å². The van der Waals surface area contributed by atoms with E-state index in [1.54, 1.807) is 13.0 Å². The van der Waals surface area contributed by atoms with Gasteiger partial charge >= 0.3 is 11.9 Å². The van der Waals surface area contributed by atoms with E-state index >= 15 is 0 Å². The zero-order valence-corrected chi connectivity index (χ0v) is 9.16. The van der Waals surface area contributed by atoms with E-state index in [0.29, 0.717) is 5.57 Å². The summed E-state index contributed by atoms with van der Waals surface area (Å²) in [4.78, 5) is 23.6. The highest BCUT2D eigenvalue weighted by molar-refractivity contribution is 5.95. The summed E-state index contributed by atoms with van der Waals surface area (Å²) in [6.07, 6.45) is 2.54. The molecule has 0 aliphatic heterocycles. The van der Waals surface area contributed by atoms with E-state index in [4.69, 9.17) is 0 Å². The molecule has 0 atom stereocenters. The van der Waals surface area contributed by atoms with Crippen molar-refractivity contribution in [2.45, 2.75) is 20.3 Å². The Morgan fingerprint density at radius 2 is 1.86 bits per heavy atom. The molecule has 0 N–H and O–H groups in total. The minimum atomic E-state index is -0.574. The van der Waals surface area contributed by atoms with E-state index in [-0.39, 0.29) is 0 Å². The number of hydrogen-bond donors (Lipinski definition) is 0. The summed E-state index contributed by atoms with van der Waals surface area (Å²) in [5.74, 6) is -1.13. The number of carbonyl (C=O) groups excluding carboxylic acids is 2. The fourth-order valence-corrected chi connectivity index (χ4v) is 0.834. The molecule has 0 unspecified atom stereocenters. The predicted molar refractivity (Wildman–Crippen MR) is 53.7 cm³/mol. The van der Waals surface area contributed by atoms with Crippen molar-refractivity contribution < 1.29 is 14.3 Å². The first kappa shape index (κ1) is 12.8. The van der Waals surface area contributed by atoms with Gasteiger partial charge in [0.05, 0.1) is 0 Å². The first-order chi connectivity index (χ1) is 6.43. The van der Waals surface area contributed by atoms with Gasteiger partial charge in [-0.3, -0.25) is 4.79 Å². The zero-order chi connectivity index (χ0) is 11.1. The number of hydrogen-bond acceptors (Lipinski definition) is 4. The van der Waals surface area contributed by atoms with Crippen LogP contribution in [0.25, 0.3) is 0 Å². The molecule has 0 aromatic carbocycles. The van der Waals surface area contributed by atoms with Crippen molar-refractivity contribution in [3.05, 3.63) is 11.6 Å². The van der Waals surface area contributed by atoms with E-state index in [1.165, 1.54) is 6.92 Å². The molecular weight excluding hydrogens is 182 g/mol. The fourth-order valence-electron chi connectivity index (χ4n) is 0.834. The number of rotatable bonds is 4. The van der Waals surface area contributed by atoms with Gasteiger partial charge in [0.15, 0.2) is 0 Å². The Labute approximate surface area is 84.5 Å². The van der Waals surface area contributed by atoms with Gasteiger partial charge in [-0.2, -0.15) is 0 Å². The van der Waals surface area contributed by atoms with Crippen molar-refractivity contribution in [3.8, 4) is 0 Å². The van der Waals surface area contributed by atoms with Crippen molar-refractivity contribution >= 4 is 11.9 Å². The van der Waals surface area contributed by atoms with Crippen molar-refractivity contribution in [1.29, 1.82) is 0 Å². The van der Waals surface area contributed by atoms with Crippen LogP contribution in [0.3, 0.4) is 0 Å². The molecule has 0 bridgehead atoms. The minimum Gasteiger partial charge on any atom is -0.390 e. The van der Waals surface area contributed by atoms with E-state index in [9.17, 15) is 9.59 Å². The zero-order valence-electron chi connectivity index (χ0n) is 9.16. The molecule has 0 saturated heterocycles. The SMILES string of the molecule is CC(=O)OC(=O)C(C)=CCCN(C)C. The summed E-state index contributed by atoms with van der Waals surface area (Å²) in [7, 11) is 3.91. The van der Waals surface area contributed by atoms with Gasteiger partial charge in [-0.15, -0.1) is 0 Å². The molecule has 4 heteroatoms. The molecule has 0 aromatic heterocycles. The van der Waals surface area contributed by atoms with Crippen LogP contribution in [0.2, 0.25) is 0 Å². The van der Waals surface area contributed by atoms with Crippen LogP contribution in [0.1, 0.15) is 20.3 Å². The van der Waals surface area contributed by atoms with Gasteiger partial charge in [-0.25, -0.2) is 4.79 Å². The third-order valence-electron chi connectivity index (χ3n) is 1.59. The Bertz CT molecular complexity index is 244. The van der Waals surface area contributed by atoms with Gasteiger partial charge < -0.3 is 9.64 Å². The van der Waals surface area contributed by atoms with Gasteiger partial charge in [0, 0.05) is 19.0 Å². The van der Waals surface area contributed by atoms with Crippen molar-refractivity contribution in [2.24, 2.45) is 0 Å². The van der Waals surface area contributed by atoms with Crippen LogP contribution >= 0.6 is 0 Å². The third kappa shape index (κ3) is 6.37. The first-order valence-corrected chi connectivity index (χ1v) is 4.47. The van der Waals surface area contributed by atoms with Crippen LogP contribution in [0.5, 0.6) is 0 Å². The Balaban J connectivity index is 3.97. The molecular formula is C10H17NO3. The topological polar surface area (TPSA) is 46.6 Å². The van der Waals surface area contributed by atoms with Gasteiger partial charge in [0.1, 0.15) is 0 Å². The molecule has 0 radical (unpaired) electrons. The highest BCUT2D eigenvalue weighted by atomic mass is 16.6. The maximum Gasteiger partial charge on any atom is 0.341 e. The number of ether oxygens (including phenoxy) is 1. The van der Waals surface area contributed by atoms with Crippen molar-refractivity contribution in [3.63, 3.8) is 0 Å². The molecule has 0 aliphatic rings. The molecule has 80 valence electrons. The van der Waals surface area contributed by atoms with Crippen LogP contribution < -0.4 is 0 Å². The second-order valence-corrected chi connectivity index (χ2v) is 3.36. The lowest BCUT2D eigenvalue weighted by Gasteiger charge is -2.06. The second-order valence-electron chi connectivity index (χ2n) is 3.36. The maximum atomic E-state index is 11.1. The first-order valence-electron chi connectivity index (χ1n) is 4.47. The monoisotopic (exact) mass is 199 g/mol. The van der Waals surface area contributed by atoms with Gasteiger partial charge in [-0.1, -0.05) is 6.08 Å². The minimum absolute atomic E-state index is 0.474. The highest BCUT2D eigenvalue weighted by Crippen LogP contribution is 1.99. The fraction of sp³-hybridized carbons (Fsp3) is 0.600. The molecule has 0 aromatic rings. The average Bonchev–Trinajstić information content (AvgIpc) is 2.01. The van der Waals surface area contributed by atoms with Crippen LogP contribution in [-0.2, 0) is 14.3 Å².